The predicted octanol–water partition coefficient (Wildman–Crippen LogP) is 3.67. The van der Waals surface area contributed by atoms with Gasteiger partial charge >= 0.3 is 5.97 Å². The Morgan fingerprint density at radius 1 is 1.11 bits per heavy atom. The molecule has 10 nitrogen and oxygen atoms in total. The summed E-state index contributed by atoms with van der Waals surface area (Å²) in [6, 6.07) is 11.6. The van der Waals surface area contributed by atoms with Gasteiger partial charge in [0.25, 0.3) is 0 Å². The molecule has 3 aromatic heterocycles. The Hall–Kier alpha value is -4.05. The van der Waals surface area contributed by atoms with E-state index in [0.717, 1.165) is 47.8 Å². The Kier molecular flexibility index (Phi) is 5.94. The lowest BCUT2D eigenvalue weighted by atomic mass is 10.1. The van der Waals surface area contributed by atoms with E-state index in [9.17, 15) is 4.79 Å². The van der Waals surface area contributed by atoms with Gasteiger partial charge < -0.3 is 24.3 Å². The summed E-state index contributed by atoms with van der Waals surface area (Å²) in [6.45, 7) is 3.74. The minimum Gasteiger partial charge on any atom is -0.464 e. The standard InChI is InChI=1S/C26H27N7O3/c1-35-25(34)21-7-5-19(14-27-21)29-24-13-22(30-26(31-24)32-8-10-36-11-9-32)18-4-6-20-23(12-18)33(16-28-20)15-17-2-3-17/h4-7,12-14,16-17H,2-3,8-11,15H2,1H3,(H,29,30,31). The summed E-state index contributed by atoms with van der Waals surface area (Å²) in [6.07, 6.45) is 6.10. The molecule has 1 aliphatic carbocycles. The minimum atomic E-state index is -0.475. The molecule has 1 saturated heterocycles. The largest absolute Gasteiger partial charge is 0.464 e. The Bertz CT molecular complexity index is 1390. The van der Waals surface area contributed by atoms with E-state index in [0.29, 0.717) is 30.7 Å². The van der Waals surface area contributed by atoms with Gasteiger partial charge in [0, 0.05) is 31.3 Å². The van der Waals surface area contributed by atoms with Gasteiger partial charge in [0.15, 0.2) is 0 Å². The van der Waals surface area contributed by atoms with Crippen molar-refractivity contribution in [3.8, 4) is 11.3 Å². The SMILES string of the molecule is COC(=O)c1ccc(Nc2cc(-c3ccc4ncn(CC5CC5)c4c3)nc(N3CCOCC3)n2)cn1. The van der Waals surface area contributed by atoms with Crippen LogP contribution in [0.5, 0.6) is 0 Å². The number of carbonyl (C=O) groups excluding carboxylic acids is 1. The van der Waals surface area contributed by atoms with Gasteiger partial charge in [0.1, 0.15) is 11.5 Å². The van der Waals surface area contributed by atoms with E-state index in [2.05, 4.69) is 36.9 Å². The number of carbonyl (C=O) groups is 1. The molecule has 0 radical (unpaired) electrons. The zero-order chi connectivity index (χ0) is 24.5. The number of nitrogens with zero attached hydrogens (tertiary/aromatic N) is 6. The molecular weight excluding hydrogens is 458 g/mol. The number of ether oxygens (including phenoxy) is 2. The molecule has 10 heteroatoms. The molecule has 1 saturated carbocycles. The van der Waals surface area contributed by atoms with Crippen molar-refractivity contribution in [1.82, 2.24) is 24.5 Å². The van der Waals surface area contributed by atoms with Gasteiger partial charge in [-0.05, 0) is 43.0 Å². The Labute approximate surface area is 208 Å². The average molecular weight is 486 g/mol. The first kappa shape index (κ1) is 22.4. The summed E-state index contributed by atoms with van der Waals surface area (Å²) in [4.78, 5) is 32.3. The van der Waals surface area contributed by atoms with Crippen molar-refractivity contribution in [3.05, 3.63) is 54.6 Å². The maximum Gasteiger partial charge on any atom is 0.356 e. The van der Waals surface area contributed by atoms with E-state index in [-0.39, 0.29) is 5.69 Å². The number of esters is 1. The number of benzene rings is 1. The maximum atomic E-state index is 11.7. The average Bonchev–Trinajstić information content (AvgIpc) is 3.67. The first-order valence-corrected chi connectivity index (χ1v) is 12.1. The van der Waals surface area contributed by atoms with Gasteiger partial charge in [0.05, 0.1) is 55.3 Å². The molecule has 1 aromatic carbocycles. The van der Waals surface area contributed by atoms with Crippen molar-refractivity contribution in [2.24, 2.45) is 5.92 Å². The summed E-state index contributed by atoms with van der Waals surface area (Å²) in [5, 5.41) is 3.31. The molecular formula is C26H27N7O3. The van der Waals surface area contributed by atoms with Crippen molar-refractivity contribution in [2.45, 2.75) is 19.4 Å². The zero-order valence-corrected chi connectivity index (χ0v) is 20.1. The highest BCUT2D eigenvalue weighted by atomic mass is 16.5. The number of rotatable bonds is 7. The van der Waals surface area contributed by atoms with Crippen molar-refractivity contribution in [1.29, 1.82) is 0 Å². The van der Waals surface area contributed by atoms with Gasteiger partial charge in [-0.3, -0.25) is 0 Å². The van der Waals surface area contributed by atoms with Crippen molar-refractivity contribution in [2.75, 3.05) is 43.6 Å². The molecule has 184 valence electrons. The van der Waals surface area contributed by atoms with Crippen molar-refractivity contribution in [3.63, 3.8) is 0 Å². The normalized spacial score (nSPS) is 15.8. The molecule has 6 rings (SSSR count). The fraction of sp³-hybridized carbons (Fsp3) is 0.346. The summed E-state index contributed by atoms with van der Waals surface area (Å²) in [5.41, 5.74) is 4.86. The Morgan fingerprint density at radius 2 is 1.97 bits per heavy atom. The van der Waals surface area contributed by atoms with Gasteiger partial charge in [-0.15, -0.1) is 0 Å². The van der Waals surface area contributed by atoms with E-state index in [1.807, 2.05) is 18.5 Å². The third kappa shape index (κ3) is 4.72. The van der Waals surface area contributed by atoms with Crippen LogP contribution in [0.25, 0.3) is 22.3 Å². The van der Waals surface area contributed by atoms with Crippen LogP contribution < -0.4 is 10.2 Å². The minimum absolute atomic E-state index is 0.247. The number of methoxy groups -OCH3 is 1. The summed E-state index contributed by atoms with van der Waals surface area (Å²) in [7, 11) is 1.34. The molecule has 2 fully saturated rings. The zero-order valence-electron chi connectivity index (χ0n) is 20.1. The summed E-state index contributed by atoms with van der Waals surface area (Å²) >= 11 is 0. The molecule has 1 N–H and O–H groups in total. The van der Waals surface area contributed by atoms with Gasteiger partial charge in [-0.2, -0.15) is 4.98 Å². The molecule has 0 bridgehead atoms. The van der Waals surface area contributed by atoms with Crippen LogP contribution in [0.2, 0.25) is 0 Å². The van der Waals surface area contributed by atoms with Crippen LogP contribution in [0.3, 0.4) is 0 Å². The lowest BCUT2D eigenvalue weighted by molar-refractivity contribution is 0.0594. The number of anilines is 3. The molecule has 2 aliphatic rings. The van der Waals surface area contributed by atoms with E-state index in [1.165, 1.54) is 20.0 Å². The number of pyridine rings is 1. The van der Waals surface area contributed by atoms with E-state index < -0.39 is 5.97 Å². The molecule has 4 heterocycles. The van der Waals surface area contributed by atoms with Crippen LogP contribution in [0.15, 0.2) is 48.9 Å². The second-order valence-electron chi connectivity index (χ2n) is 9.13. The fourth-order valence-corrected chi connectivity index (χ4v) is 4.33. The second-order valence-corrected chi connectivity index (χ2v) is 9.13. The number of aromatic nitrogens is 5. The molecule has 36 heavy (non-hydrogen) atoms. The quantitative estimate of drug-likeness (QED) is 0.392. The monoisotopic (exact) mass is 485 g/mol. The maximum absolute atomic E-state index is 11.7. The van der Waals surface area contributed by atoms with Crippen LogP contribution >= 0.6 is 0 Å². The number of imidazole rings is 1. The third-order valence-corrected chi connectivity index (χ3v) is 6.51. The molecule has 0 unspecified atom stereocenters. The summed E-state index contributed by atoms with van der Waals surface area (Å²) < 4.78 is 12.5. The molecule has 0 atom stereocenters. The van der Waals surface area contributed by atoms with Crippen LogP contribution in [0.1, 0.15) is 23.3 Å². The van der Waals surface area contributed by atoms with Crippen LogP contribution in [0, 0.1) is 5.92 Å². The van der Waals surface area contributed by atoms with Gasteiger partial charge in [-0.1, -0.05) is 6.07 Å². The number of fused-ring (bicyclic) bond motifs is 1. The van der Waals surface area contributed by atoms with Gasteiger partial charge in [0.2, 0.25) is 5.95 Å². The molecule has 1 aliphatic heterocycles. The second kappa shape index (κ2) is 9.54. The molecule has 4 aromatic rings. The van der Waals surface area contributed by atoms with Gasteiger partial charge in [-0.25, -0.2) is 19.7 Å². The van der Waals surface area contributed by atoms with Crippen molar-refractivity contribution >= 4 is 34.5 Å². The number of hydrogen-bond donors (Lipinski definition) is 1. The van der Waals surface area contributed by atoms with E-state index in [4.69, 9.17) is 19.4 Å². The lowest BCUT2D eigenvalue weighted by Gasteiger charge is -2.27. The number of nitrogens with one attached hydrogen (secondary N) is 1. The van der Waals surface area contributed by atoms with Crippen LogP contribution in [0.4, 0.5) is 17.5 Å². The highest BCUT2D eigenvalue weighted by molar-refractivity contribution is 5.87. The molecule has 0 spiro atoms. The number of hydrogen-bond acceptors (Lipinski definition) is 9. The predicted molar refractivity (Wildman–Crippen MR) is 135 cm³/mol. The summed E-state index contributed by atoms with van der Waals surface area (Å²) in [5.74, 6) is 1.56. The van der Waals surface area contributed by atoms with Crippen LogP contribution in [-0.4, -0.2) is 63.9 Å². The highest BCUT2D eigenvalue weighted by Crippen LogP contribution is 2.33. The van der Waals surface area contributed by atoms with E-state index in [1.54, 1.807) is 18.3 Å². The highest BCUT2D eigenvalue weighted by Gasteiger charge is 2.23. The van der Waals surface area contributed by atoms with E-state index >= 15 is 0 Å². The fourth-order valence-electron chi connectivity index (χ4n) is 4.33. The van der Waals surface area contributed by atoms with Crippen LogP contribution in [-0.2, 0) is 16.0 Å². The topological polar surface area (TPSA) is 107 Å². The smallest absolute Gasteiger partial charge is 0.356 e. The number of morpholine rings is 1. The van der Waals surface area contributed by atoms with Crippen molar-refractivity contribution < 1.29 is 14.3 Å². The first-order valence-electron chi connectivity index (χ1n) is 12.1. The lowest BCUT2D eigenvalue weighted by Crippen LogP contribution is -2.37. The Balaban J connectivity index is 1.35. The Morgan fingerprint density at radius 3 is 2.72 bits per heavy atom. The third-order valence-electron chi connectivity index (χ3n) is 6.51. The molecule has 0 amide bonds. The first-order chi connectivity index (χ1) is 17.7.